The van der Waals surface area contributed by atoms with E-state index in [2.05, 4.69) is 83.8 Å². The molecule has 0 nitrogen and oxygen atoms in total. The first kappa shape index (κ1) is 12.1. The molecule has 0 aliphatic carbocycles. The zero-order valence-corrected chi connectivity index (χ0v) is 12.7. The minimum atomic E-state index is 1.02. The molecule has 2 heteroatoms. The molecule has 0 N–H and O–H groups in total. The predicted molar refractivity (Wildman–Crippen MR) is 89.4 cm³/mol. The molecule has 0 amide bonds. The standard InChI is InChI=1S/C16H11IS/c17-14-10-9-11-5-1-2-6-12(11)16(14)13-7-3-4-8-15(13)18/h1-10,18H. The van der Waals surface area contributed by atoms with Crippen LogP contribution in [0.2, 0.25) is 0 Å². The van der Waals surface area contributed by atoms with Gasteiger partial charge in [-0.1, -0.05) is 48.5 Å². The van der Waals surface area contributed by atoms with Crippen LogP contribution in [0.15, 0.2) is 65.6 Å². The second-order valence-corrected chi connectivity index (χ2v) is 5.80. The normalized spacial score (nSPS) is 10.8. The average molecular weight is 362 g/mol. The highest BCUT2D eigenvalue weighted by atomic mass is 127. The Morgan fingerprint density at radius 2 is 1.50 bits per heavy atom. The number of rotatable bonds is 1. The fraction of sp³-hybridized carbons (Fsp3) is 0. The highest BCUT2D eigenvalue weighted by molar-refractivity contribution is 14.1. The van der Waals surface area contributed by atoms with Crippen LogP contribution in [-0.4, -0.2) is 0 Å². The van der Waals surface area contributed by atoms with Crippen LogP contribution < -0.4 is 0 Å². The Morgan fingerprint density at radius 1 is 0.778 bits per heavy atom. The zero-order chi connectivity index (χ0) is 12.5. The van der Waals surface area contributed by atoms with Gasteiger partial charge < -0.3 is 0 Å². The van der Waals surface area contributed by atoms with E-state index >= 15 is 0 Å². The molecular formula is C16H11IS. The molecular weight excluding hydrogens is 351 g/mol. The molecule has 0 heterocycles. The minimum absolute atomic E-state index is 1.02. The quantitative estimate of drug-likeness (QED) is 0.435. The van der Waals surface area contributed by atoms with Gasteiger partial charge in [-0.25, -0.2) is 0 Å². The summed E-state index contributed by atoms with van der Waals surface area (Å²) in [6.07, 6.45) is 0. The highest BCUT2D eigenvalue weighted by Crippen LogP contribution is 2.36. The van der Waals surface area contributed by atoms with E-state index in [9.17, 15) is 0 Å². The second-order valence-electron chi connectivity index (χ2n) is 4.16. The van der Waals surface area contributed by atoms with Gasteiger partial charge >= 0.3 is 0 Å². The Hall–Kier alpha value is -1.00. The summed E-state index contributed by atoms with van der Waals surface area (Å²) in [5.41, 5.74) is 2.47. The van der Waals surface area contributed by atoms with Crippen LogP contribution in [0.5, 0.6) is 0 Å². The lowest BCUT2D eigenvalue weighted by atomic mass is 9.98. The van der Waals surface area contributed by atoms with E-state index in [1.54, 1.807) is 0 Å². The van der Waals surface area contributed by atoms with E-state index in [1.807, 2.05) is 12.1 Å². The second kappa shape index (κ2) is 4.94. The first-order chi connectivity index (χ1) is 8.77. The fourth-order valence-corrected chi connectivity index (χ4v) is 3.24. The van der Waals surface area contributed by atoms with Gasteiger partial charge in [0.05, 0.1) is 0 Å². The maximum atomic E-state index is 4.58. The fourth-order valence-electron chi connectivity index (χ4n) is 2.20. The Kier molecular flexibility index (Phi) is 3.31. The van der Waals surface area contributed by atoms with Crippen molar-refractivity contribution in [2.75, 3.05) is 0 Å². The molecule has 0 aromatic heterocycles. The van der Waals surface area contributed by atoms with E-state index in [1.165, 1.54) is 25.5 Å². The molecule has 0 bridgehead atoms. The Balaban J connectivity index is 2.42. The van der Waals surface area contributed by atoms with Crippen molar-refractivity contribution in [2.24, 2.45) is 0 Å². The molecule has 0 fully saturated rings. The van der Waals surface area contributed by atoms with Crippen LogP contribution in [0.1, 0.15) is 0 Å². The summed E-state index contributed by atoms with van der Waals surface area (Å²) in [4.78, 5) is 1.02. The van der Waals surface area contributed by atoms with Gasteiger partial charge in [0.15, 0.2) is 0 Å². The maximum Gasteiger partial charge on any atom is 0.0215 e. The third kappa shape index (κ3) is 2.04. The lowest BCUT2D eigenvalue weighted by molar-refractivity contribution is 1.46. The van der Waals surface area contributed by atoms with Gasteiger partial charge in [-0.15, -0.1) is 12.6 Å². The van der Waals surface area contributed by atoms with Gasteiger partial charge in [0.1, 0.15) is 0 Å². The number of halogens is 1. The molecule has 0 aliphatic heterocycles. The Morgan fingerprint density at radius 3 is 2.33 bits per heavy atom. The van der Waals surface area contributed by atoms with Gasteiger partial charge in [0.25, 0.3) is 0 Å². The van der Waals surface area contributed by atoms with Gasteiger partial charge in [0, 0.05) is 14.0 Å². The molecule has 0 saturated heterocycles. The zero-order valence-electron chi connectivity index (χ0n) is 9.60. The van der Waals surface area contributed by atoms with E-state index in [4.69, 9.17) is 0 Å². The summed E-state index contributed by atoms with van der Waals surface area (Å²) in [6, 6.07) is 21.1. The number of hydrogen-bond acceptors (Lipinski definition) is 1. The van der Waals surface area contributed by atoms with E-state index in [0.29, 0.717) is 0 Å². The minimum Gasteiger partial charge on any atom is -0.143 e. The van der Waals surface area contributed by atoms with Crippen molar-refractivity contribution < 1.29 is 0 Å². The molecule has 3 aromatic rings. The Bertz CT molecular complexity index is 719. The summed E-state index contributed by atoms with van der Waals surface area (Å²) < 4.78 is 1.26. The molecule has 3 aromatic carbocycles. The summed E-state index contributed by atoms with van der Waals surface area (Å²) in [5, 5.41) is 2.55. The molecule has 0 atom stereocenters. The van der Waals surface area contributed by atoms with Crippen LogP contribution in [0.4, 0.5) is 0 Å². The molecule has 0 saturated carbocycles. The summed E-state index contributed by atoms with van der Waals surface area (Å²) >= 11 is 6.97. The first-order valence-electron chi connectivity index (χ1n) is 5.73. The van der Waals surface area contributed by atoms with Crippen molar-refractivity contribution in [1.82, 2.24) is 0 Å². The lowest BCUT2D eigenvalue weighted by Gasteiger charge is -2.11. The van der Waals surface area contributed by atoms with Gasteiger partial charge in [0.2, 0.25) is 0 Å². The van der Waals surface area contributed by atoms with Gasteiger partial charge in [-0.05, 0) is 51.1 Å². The summed E-state index contributed by atoms with van der Waals surface area (Å²) in [6.45, 7) is 0. The van der Waals surface area contributed by atoms with Crippen molar-refractivity contribution in [3.8, 4) is 11.1 Å². The van der Waals surface area contributed by atoms with Gasteiger partial charge in [-0.2, -0.15) is 0 Å². The summed E-state index contributed by atoms with van der Waals surface area (Å²) in [7, 11) is 0. The molecule has 0 radical (unpaired) electrons. The van der Waals surface area contributed by atoms with Crippen molar-refractivity contribution >= 4 is 46.0 Å². The monoisotopic (exact) mass is 362 g/mol. The first-order valence-corrected chi connectivity index (χ1v) is 7.25. The van der Waals surface area contributed by atoms with E-state index in [0.717, 1.165) is 4.90 Å². The van der Waals surface area contributed by atoms with Crippen molar-refractivity contribution in [2.45, 2.75) is 4.90 Å². The molecule has 3 rings (SSSR count). The molecule has 0 aliphatic rings. The van der Waals surface area contributed by atoms with Crippen LogP contribution in [0.25, 0.3) is 21.9 Å². The van der Waals surface area contributed by atoms with E-state index < -0.39 is 0 Å². The van der Waals surface area contributed by atoms with Crippen molar-refractivity contribution in [3.05, 3.63) is 64.2 Å². The number of thiol groups is 1. The largest absolute Gasteiger partial charge is 0.143 e. The van der Waals surface area contributed by atoms with Crippen molar-refractivity contribution in [1.29, 1.82) is 0 Å². The van der Waals surface area contributed by atoms with Crippen LogP contribution in [0, 0.1) is 3.57 Å². The Labute approximate surface area is 126 Å². The average Bonchev–Trinajstić information content (AvgIpc) is 2.40. The smallest absolute Gasteiger partial charge is 0.0215 e. The molecule has 0 unspecified atom stereocenters. The molecule has 0 spiro atoms. The topological polar surface area (TPSA) is 0 Å². The highest BCUT2D eigenvalue weighted by Gasteiger charge is 2.09. The van der Waals surface area contributed by atoms with Crippen LogP contribution in [0.3, 0.4) is 0 Å². The van der Waals surface area contributed by atoms with Gasteiger partial charge in [-0.3, -0.25) is 0 Å². The predicted octanol–water partition coefficient (Wildman–Crippen LogP) is 5.40. The molecule has 18 heavy (non-hydrogen) atoms. The SMILES string of the molecule is Sc1ccccc1-c1c(I)ccc2ccccc12. The van der Waals surface area contributed by atoms with Crippen molar-refractivity contribution in [3.63, 3.8) is 0 Å². The summed E-state index contributed by atoms with van der Waals surface area (Å²) in [5.74, 6) is 0. The lowest BCUT2D eigenvalue weighted by Crippen LogP contribution is -1.87. The number of fused-ring (bicyclic) bond motifs is 1. The van der Waals surface area contributed by atoms with Crippen LogP contribution >= 0.6 is 35.2 Å². The molecule has 88 valence electrons. The number of benzene rings is 3. The van der Waals surface area contributed by atoms with Crippen LogP contribution in [-0.2, 0) is 0 Å². The van der Waals surface area contributed by atoms with E-state index in [-0.39, 0.29) is 0 Å². The number of hydrogen-bond donors (Lipinski definition) is 1. The third-order valence-corrected chi connectivity index (χ3v) is 4.34. The third-order valence-electron chi connectivity index (χ3n) is 3.05. The maximum absolute atomic E-state index is 4.58.